The van der Waals surface area contributed by atoms with Crippen LogP contribution in [0.25, 0.3) is 0 Å². The first kappa shape index (κ1) is 14.6. The number of rotatable bonds is 4. The first-order chi connectivity index (χ1) is 7.90. The fourth-order valence-corrected chi connectivity index (χ4v) is 2.23. The third-order valence-electron chi connectivity index (χ3n) is 2.90. The summed E-state index contributed by atoms with van der Waals surface area (Å²) in [4.78, 5) is 12.7. The maximum atomic E-state index is 12.7. The number of hydrogen-bond donors (Lipinski definition) is 0. The maximum absolute atomic E-state index is 12.7. The average molecular weight is 274 g/mol. The lowest BCUT2D eigenvalue weighted by Crippen LogP contribution is -2.33. The molecule has 100 valence electrons. The first-order valence-electron chi connectivity index (χ1n) is 5.29. The largest absolute Gasteiger partial charge is 0.393 e. The Labute approximate surface area is 103 Å². The van der Waals surface area contributed by atoms with Crippen molar-refractivity contribution in [1.82, 2.24) is 4.90 Å². The van der Waals surface area contributed by atoms with E-state index in [1.807, 2.05) is 0 Å². The van der Waals surface area contributed by atoms with Crippen LogP contribution in [0, 0.1) is 11.8 Å². The molecule has 7 heteroatoms. The minimum atomic E-state index is -4.29. The summed E-state index contributed by atoms with van der Waals surface area (Å²) >= 11 is 5.40. The second-order valence-corrected chi connectivity index (χ2v) is 4.48. The molecule has 1 fully saturated rings. The van der Waals surface area contributed by atoms with Crippen molar-refractivity contribution in [2.24, 2.45) is 11.8 Å². The molecule has 1 saturated heterocycles. The fraction of sp³-hybridized carbons (Fsp3) is 0.900. The van der Waals surface area contributed by atoms with E-state index in [4.69, 9.17) is 16.3 Å². The number of amides is 1. The summed E-state index contributed by atoms with van der Waals surface area (Å²) in [5, 5.41) is 0. The van der Waals surface area contributed by atoms with Crippen molar-refractivity contribution in [3.63, 3.8) is 0 Å². The van der Waals surface area contributed by atoms with Crippen molar-refractivity contribution in [2.45, 2.75) is 12.6 Å². The van der Waals surface area contributed by atoms with Gasteiger partial charge in [0.15, 0.2) is 0 Å². The third kappa shape index (κ3) is 3.74. The van der Waals surface area contributed by atoms with E-state index in [0.717, 1.165) is 0 Å². The van der Waals surface area contributed by atoms with E-state index >= 15 is 0 Å². The Balaban J connectivity index is 2.68. The van der Waals surface area contributed by atoms with Crippen LogP contribution >= 0.6 is 11.6 Å². The molecule has 0 unspecified atom stereocenters. The Morgan fingerprint density at radius 1 is 1.47 bits per heavy atom. The van der Waals surface area contributed by atoms with Gasteiger partial charge in [-0.25, -0.2) is 0 Å². The van der Waals surface area contributed by atoms with Gasteiger partial charge in [0, 0.05) is 38.4 Å². The van der Waals surface area contributed by atoms with Crippen molar-refractivity contribution in [3.05, 3.63) is 0 Å². The Morgan fingerprint density at radius 3 is 2.59 bits per heavy atom. The molecule has 1 heterocycles. The number of carbonyl (C=O) groups excluding carboxylic acids is 1. The molecule has 0 saturated carbocycles. The van der Waals surface area contributed by atoms with Gasteiger partial charge in [-0.05, 0) is 0 Å². The molecule has 1 aliphatic heterocycles. The Hall–Kier alpha value is -0.490. The van der Waals surface area contributed by atoms with Gasteiger partial charge in [0.2, 0.25) is 5.91 Å². The van der Waals surface area contributed by atoms with Crippen LogP contribution in [0.2, 0.25) is 0 Å². The summed E-state index contributed by atoms with van der Waals surface area (Å²) < 4.78 is 43.0. The Morgan fingerprint density at radius 2 is 2.12 bits per heavy atom. The lowest BCUT2D eigenvalue weighted by Gasteiger charge is -2.19. The van der Waals surface area contributed by atoms with Gasteiger partial charge >= 0.3 is 6.18 Å². The summed E-state index contributed by atoms with van der Waals surface area (Å²) in [5.74, 6) is -2.38. The predicted octanol–water partition coefficient (Wildman–Crippen LogP) is 1.90. The molecule has 2 atom stereocenters. The van der Waals surface area contributed by atoms with Gasteiger partial charge in [-0.15, -0.1) is 11.6 Å². The smallest absolute Gasteiger partial charge is 0.384 e. The number of likely N-dealkylation sites (tertiary alicyclic amines) is 1. The molecular weight excluding hydrogens is 259 g/mol. The molecule has 0 radical (unpaired) electrons. The zero-order chi connectivity index (χ0) is 13.1. The van der Waals surface area contributed by atoms with Crippen LogP contribution in [0.3, 0.4) is 0 Å². The van der Waals surface area contributed by atoms with Crippen LogP contribution in [0.4, 0.5) is 13.2 Å². The molecule has 0 aromatic carbocycles. The highest BCUT2D eigenvalue weighted by Gasteiger charge is 2.50. The summed E-state index contributed by atoms with van der Waals surface area (Å²) in [6.45, 7) is -0.185. The van der Waals surface area contributed by atoms with E-state index < -0.39 is 18.0 Å². The zero-order valence-corrected chi connectivity index (χ0v) is 10.2. The van der Waals surface area contributed by atoms with Gasteiger partial charge < -0.3 is 9.64 Å². The molecular formula is C10H15ClF3NO2. The van der Waals surface area contributed by atoms with Crippen molar-refractivity contribution in [2.75, 3.05) is 32.7 Å². The predicted molar refractivity (Wildman–Crippen MR) is 56.8 cm³/mol. The van der Waals surface area contributed by atoms with Crippen molar-refractivity contribution in [1.29, 1.82) is 0 Å². The standard InChI is InChI=1S/C10H15ClF3NO2/c1-17-6-7-4-15(9(16)2-3-11)5-8(7)10(12,13)14/h7-8H,2-6H2,1H3/t7-,8-/m0/s1. The van der Waals surface area contributed by atoms with Gasteiger partial charge in [-0.1, -0.05) is 0 Å². The van der Waals surface area contributed by atoms with E-state index in [1.165, 1.54) is 12.0 Å². The molecule has 0 spiro atoms. The van der Waals surface area contributed by atoms with E-state index in [-0.39, 0.29) is 37.9 Å². The number of alkyl halides is 4. The monoisotopic (exact) mass is 273 g/mol. The van der Waals surface area contributed by atoms with E-state index in [2.05, 4.69) is 0 Å². The number of nitrogens with zero attached hydrogens (tertiary/aromatic N) is 1. The van der Waals surface area contributed by atoms with Gasteiger partial charge in [0.05, 0.1) is 12.5 Å². The lowest BCUT2D eigenvalue weighted by molar-refractivity contribution is -0.183. The SMILES string of the molecule is COC[C@@H]1CN(C(=O)CCCl)C[C@@H]1C(F)(F)F. The molecule has 0 aromatic heterocycles. The summed E-state index contributed by atoms with van der Waals surface area (Å²) in [5.41, 5.74) is 0. The van der Waals surface area contributed by atoms with Crippen LogP contribution in [0.5, 0.6) is 0 Å². The van der Waals surface area contributed by atoms with Gasteiger partial charge in [0.1, 0.15) is 0 Å². The number of hydrogen-bond acceptors (Lipinski definition) is 2. The molecule has 1 rings (SSSR count). The number of carbonyl (C=O) groups is 1. The number of methoxy groups -OCH3 is 1. The molecule has 0 bridgehead atoms. The Bertz CT molecular complexity index is 273. The van der Waals surface area contributed by atoms with Crippen LogP contribution in [0.1, 0.15) is 6.42 Å². The minimum absolute atomic E-state index is 0.00876. The molecule has 0 N–H and O–H groups in total. The summed E-state index contributed by atoms with van der Waals surface area (Å²) in [6, 6.07) is 0. The van der Waals surface area contributed by atoms with E-state index in [1.54, 1.807) is 0 Å². The van der Waals surface area contributed by atoms with Crippen LogP contribution in [-0.4, -0.2) is 49.7 Å². The molecule has 0 aliphatic carbocycles. The molecule has 0 aromatic rings. The van der Waals surface area contributed by atoms with Gasteiger partial charge in [-0.2, -0.15) is 13.2 Å². The highest BCUT2D eigenvalue weighted by atomic mass is 35.5. The van der Waals surface area contributed by atoms with E-state index in [0.29, 0.717) is 0 Å². The molecule has 17 heavy (non-hydrogen) atoms. The van der Waals surface area contributed by atoms with E-state index in [9.17, 15) is 18.0 Å². The summed E-state index contributed by atoms with van der Waals surface area (Å²) in [6.07, 6.45) is -4.22. The van der Waals surface area contributed by atoms with Crippen molar-refractivity contribution in [3.8, 4) is 0 Å². The fourth-order valence-electron chi connectivity index (χ4n) is 2.07. The molecule has 1 aliphatic rings. The van der Waals surface area contributed by atoms with Gasteiger partial charge in [0.25, 0.3) is 0 Å². The quantitative estimate of drug-likeness (QED) is 0.732. The third-order valence-corrected chi connectivity index (χ3v) is 3.09. The highest BCUT2D eigenvalue weighted by Crippen LogP contribution is 2.37. The van der Waals surface area contributed by atoms with Crippen LogP contribution < -0.4 is 0 Å². The lowest BCUT2D eigenvalue weighted by atomic mass is 9.96. The normalized spacial score (nSPS) is 25.4. The Kier molecular flexibility index (Phi) is 5.06. The maximum Gasteiger partial charge on any atom is 0.393 e. The second kappa shape index (κ2) is 5.91. The van der Waals surface area contributed by atoms with Crippen LogP contribution in [0.15, 0.2) is 0 Å². The minimum Gasteiger partial charge on any atom is -0.384 e. The second-order valence-electron chi connectivity index (χ2n) is 4.10. The summed E-state index contributed by atoms with van der Waals surface area (Å²) in [7, 11) is 1.36. The number of halogens is 4. The first-order valence-corrected chi connectivity index (χ1v) is 5.83. The molecule has 1 amide bonds. The average Bonchev–Trinajstić information content (AvgIpc) is 2.62. The number of ether oxygens (including phenoxy) is 1. The topological polar surface area (TPSA) is 29.5 Å². The van der Waals surface area contributed by atoms with Crippen molar-refractivity contribution < 1.29 is 22.7 Å². The van der Waals surface area contributed by atoms with Gasteiger partial charge in [-0.3, -0.25) is 4.79 Å². The highest BCUT2D eigenvalue weighted by molar-refractivity contribution is 6.18. The zero-order valence-electron chi connectivity index (χ0n) is 9.47. The van der Waals surface area contributed by atoms with Crippen LogP contribution in [-0.2, 0) is 9.53 Å². The van der Waals surface area contributed by atoms with Crippen molar-refractivity contribution >= 4 is 17.5 Å². The molecule has 3 nitrogen and oxygen atoms in total.